The van der Waals surface area contributed by atoms with Gasteiger partial charge in [-0.3, -0.25) is 19.2 Å². The van der Waals surface area contributed by atoms with Crippen molar-refractivity contribution < 1.29 is 38.5 Å². The number of ketones is 3. The Morgan fingerprint density at radius 2 is 1.48 bits per heavy atom. The first kappa shape index (κ1) is 31.1. The molecule has 0 amide bonds. The highest BCUT2D eigenvalue weighted by Crippen LogP contribution is 2.36. The molecule has 4 aromatic rings. The molecule has 0 saturated heterocycles. The summed E-state index contributed by atoms with van der Waals surface area (Å²) in [6, 6.07) is 9.23. The van der Waals surface area contributed by atoms with Gasteiger partial charge in [0.1, 0.15) is 11.5 Å². The molecule has 0 aliphatic carbocycles. The Kier molecular flexibility index (Phi) is 9.95. The van der Waals surface area contributed by atoms with E-state index in [9.17, 15) is 19.2 Å². The van der Waals surface area contributed by atoms with Crippen molar-refractivity contribution in [1.29, 1.82) is 0 Å². The topological polar surface area (TPSA) is 129 Å². The maximum atomic E-state index is 12.7. The number of rotatable bonds is 15. The number of carboxylic acid groups (broad SMARTS) is 1. The Morgan fingerprint density at radius 3 is 2.12 bits per heavy atom. The zero-order valence-corrected chi connectivity index (χ0v) is 25.8. The van der Waals surface area contributed by atoms with Crippen LogP contribution in [-0.4, -0.2) is 54.2 Å². The minimum absolute atomic E-state index is 0.0182. The Balaban J connectivity index is 1.43. The molecule has 9 nitrogen and oxygen atoms in total. The number of aliphatic carboxylic acids is 1. The van der Waals surface area contributed by atoms with Crippen LogP contribution in [0.5, 0.6) is 17.4 Å². The summed E-state index contributed by atoms with van der Waals surface area (Å²) in [6.07, 6.45) is 1.40. The van der Waals surface area contributed by atoms with Crippen LogP contribution in [0.2, 0.25) is 0 Å². The molecule has 0 fully saturated rings. The summed E-state index contributed by atoms with van der Waals surface area (Å²) in [4.78, 5) is 53.6. The summed E-state index contributed by atoms with van der Waals surface area (Å²) < 4.78 is 18.8. The van der Waals surface area contributed by atoms with Crippen LogP contribution < -0.4 is 14.2 Å². The number of methoxy groups -OCH3 is 2. The van der Waals surface area contributed by atoms with Gasteiger partial charge in [0.05, 0.1) is 46.7 Å². The fourth-order valence-electron chi connectivity index (χ4n) is 4.38. The summed E-state index contributed by atoms with van der Waals surface area (Å²) in [5.41, 5.74) is 1.59. The molecule has 3 heterocycles. The number of benzene rings is 1. The summed E-state index contributed by atoms with van der Waals surface area (Å²) in [6.45, 7) is 5.11. The van der Waals surface area contributed by atoms with Crippen LogP contribution in [0.15, 0.2) is 30.3 Å². The fourth-order valence-corrected chi connectivity index (χ4v) is 6.38. The van der Waals surface area contributed by atoms with E-state index in [4.69, 9.17) is 19.3 Å². The first-order chi connectivity index (χ1) is 20.0. The highest BCUT2D eigenvalue weighted by molar-refractivity contribution is 7.21. The van der Waals surface area contributed by atoms with E-state index in [1.807, 2.05) is 12.1 Å². The van der Waals surface area contributed by atoms with Gasteiger partial charge < -0.3 is 19.3 Å². The zero-order valence-electron chi connectivity index (χ0n) is 24.1. The monoisotopic (exact) mass is 611 g/mol. The zero-order chi connectivity index (χ0) is 30.6. The molecule has 0 unspecified atom stereocenters. The van der Waals surface area contributed by atoms with Crippen molar-refractivity contribution in [2.45, 2.75) is 46.5 Å². The Hall–Kier alpha value is -3.83. The summed E-state index contributed by atoms with van der Waals surface area (Å²) in [5, 5.41) is 10.0. The highest BCUT2D eigenvalue weighted by atomic mass is 32.1. The fraction of sp³-hybridized carbons (Fsp3) is 0.387. The van der Waals surface area contributed by atoms with Gasteiger partial charge >= 0.3 is 5.97 Å². The number of pyridine rings is 1. The molecule has 3 aromatic heterocycles. The van der Waals surface area contributed by atoms with Crippen LogP contribution in [-0.2, 0) is 16.0 Å². The first-order valence-electron chi connectivity index (χ1n) is 13.5. The van der Waals surface area contributed by atoms with Gasteiger partial charge in [-0.1, -0.05) is 13.8 Å². The standard InChI is InChI=1S/C31H33NO8S2/c1-16(18(3)33)9-22(34)29-13-21-27(42-29)15-25(39-5)30(32-21)40-8-6-7-19-11-20-12-28(23(35)10-17(2)31(36)37)41-26(20)14-24(19)38-4/h11-17H,6-10H2,1-5H3,(H,36,37)/t16-,17-/m0/s1. The maximum Gasteiger partial charge on any atom is 0.306 e. The summed E-state index contributed by atoms with van der Waals surface area (Å²) >= 11 is 2.65. The third-order valence-electron chi connectivity index (χ3n) is 7.05. The van der Waals surface area contributed by atoms with Crippen molar-refractivity contribution in [3.8, 4) is 17.4 Å². The largest absolute Gasteiger partial charge is 0.496 e. The van der Waals surface area contributed by atoms with Crippen molar-refractivity contribution in [1.82, 2.24) is 4.98 Å². The van der Waals surface area contributed by atoms with Crippen molar-refractivity contribution >= 4 is 66.3 Å². The van der Waals surface area contributed by atoms with Crippen LogP contribution in [0, 0.1) is 11.8 Å². The number of aryl methyl sites for hydroxylation is 1. The highest BCUT2D eigenvalue weighted by Gasteiger charge is 2.21. The average Bonchev–Trinajstić information content (AvgIpc) is 3.57. The third-order valence-corrected chi connectivity index (χ3v) is 9.30. The average molecular weight is 612 g/mol. The first-order valence-corrected chi connectivity index (χ1v) is 15.2. The summed E-state index contributed by atoms with van der Waals surface area (Å²) in [7, 11) is 3.13. The van der Waals surface area contributed by atoms with Crippen LogP contribution >= 0.6 is 22.7 Å². The molecule has 1 N–H and O–H groups in total. The SMILES string of the molecule is COc1cc2sc(C(=O)C[C@H](C)C(=O)O)cc2cc1CCCOc1nc2cc(C(=O)C[C@H](C)C(C)=O)sc2cc1OC. The van der Waals surface area contributed by atoms with Gasteiger partial charge in [-0.2, -0.15) is 0 Å². The molecule has 0 aliphatic rings. The smallest absolute Gasteiger partial charge is 0.306 e. The third kappa shape index (κ3) is 7.14. The van der Waals surface area contributed by atoms with E-state index in [0.717, 1.165) is 20.3 Å². The number of carbonyl (C=O) groups excluding carboxylic acids is 3. The van der Waals surface area contributed by atoms with E-state index in [1.54, 1.807) is 32.2 Å². The second kappa shape index (κ2) is 13.4. The summed E-state index contributed by atoms with van der Waals surface area (Å²) in [5.74, 6) is -0.868. The van der Waals surface area contributed by atoms with E-state index >= 15 is 0 Å². The second-order valence-corrected chi connectivity index (χ2v) is 12.4. The number of hydrogen-bond acceptors (Lipinski definition) is 10. The van der Waals surface area contributed by atoms with Gasteiger partial charge in [-0.15, -0.1) is 22.7 Å². The lowest BCUT2D eigenvalue weighted by Gasteiger charge is -2.11. The molecule has 42 heavy (non-hydrogen) atoms. The molecule has 0 saturated carbocycles. The van der Waals surface area contributed by atoms with Crippen molar-refractivity contribution in [2.75, 3.05) is 20.8 Å². The number of aromatic nitrogens is 1. The molecule has 222 valence electrons. The van der Waals surface area contributed by atoms with Gasteiger partial charge in [0.15, 0.2) is 17.3 Å². The number of carboxylic acids is 1. The number of thiophene rings is 2. The van der Waals surface area contributed by atoms with Crippen molar-refractivity contribution in [3.05, 3.63) is 45.6 Å². The Morgan fingerprint density at radius 1 is 0.857 bits per heavy atom. The number of carbonyl (C=O) groups is 4. The molecular weight excluding hydrogens is 578 g/mol. The number of nitrogens with zero attached hydrogens (tertiary/aromatic N) is 1. The molecule has 2 atom stereocenters. The molecule has 1 aromatic carbocycles. The predicted molar refractivity (Wildman–Crippen MR) is 163 cm³/mol. The van der Waals surface area contributed by atoms with E-state index in [1.165, 1.54) is 43.6 Å². The van der Waals surface area contributed by atoms with E-state index in [2.05, 4.69) is 4.98 Å². The van der Waals surface area contributed by atoms with Gasteiger partial charge in [0, 0.05) is 29.5 Å². The second-order valence-electron chi connectivity index (χ2n) is 10.3. The predicted octanol–water partition coefficient (Wildman–Crippen LogP) is 6.63. The van der Waals surface area contributed by atoms with Crippen LogP contribution in [0.3, 0.4) is 0 Å². The lowest BCUT2D eigenvalue weighted by molar-refractivity contribution is -0.141. The molecule has 0 bridgehead atoms. The Labute approximate surface area is 251 Å². The van der Waals surface area contributed by atoms with Crippen LogP contribution in [0.4, 0.5) is 0 Å². The Bertz CT molecular complexity index is 1530. The molecule has 4 rings (SSSR count). The van der Waals surface area contributed by atoms with Crippen LogP contribution in [0.1, 0.15) is 64.9 Å². The number of ether oxygens (including phenoxy) is 3. The lowest BCUT2D eigenvalue weighted by Crippen LogP contribution is -2.13. The minimum Gasteiger partial charge on any atom is -0.496 e. The van der Waals surface area contributed by atoms with E-state index < -0.39 is 11.9 Å². The van der Waals surface area contributed by atoms with Gasteiger partial charge in [-0.05, 0) is 55.0 Å². The van der Waals surface area contributed by atoms with Gasteiger partial charge in [-0.25, -0.2) is 4.98 Å². The molecular formula is C31H33NO8S2. The molecule has 0 spiro atoms. The number of fused-ring (bicyclic) bond motifs is 2. The van der Waals surface area contributed by atoms with Crippen molar-refractivity contribution in [3.63, 3.8) is 0 Å². The molecule has 11 heteroatoms. The number of hydrogen-bond donors (Lipinski definition) is 1. The lowest BCUT2D eigenvalue weighted by atomic mass is 10.0. The normalized spacial score (nSPS) is 12.7. The van der Waals surface area contributed by atoms with E-state index in [-0.39, 0.29) is 36.1 Å². The quantitative estimate of drug-likeness (QED) is 0.116. The van der Waals surface area contributed by atoms with Gasteiger partial charge in [0.25, 0.3) is 5.88 Å². The van der Waals surface area contributed by atoms with Crippen LogP contribution in [0.25, 0.3) is 20.3 Å². The van der Waals surface area contributed by atoms with Crippen molar-refractivity contribution in [2.24, 2.45) is 11.8 Å². The van der Waals surface area contributed by atoms with E-state index in [0.29, 0.717) is 52.1 Å². The van der Waals surface area contributed by atoms with Gasteiger partial charge in [0.2, 0.25) is 0 Å². The molecule has 0 radical (unpaired) electrons. The maximum absolute atomic E-state index is 12.7. The number of Topliss-reactive ketones (excluding diaryl/α,β-unsaturated/α-hetero) is 3. The minimum atomic E-state index is -0.991. The molecule has 0 aliphatic heterocycles.